The van der Waals surface area contributed by atoms with Crippen molar-refractivity contribution >= 4 is 22.6 Å². The first kappa shape index (κ1) is 20.2. The lowest BCUT2D eigenvalue weighted by molar-refractivity contribution is 0.100. The van der Waals surface area contributed by atoms with Crippen LogP contribution in [0.4, 0.5) is 5.82 Å². The van der Waals surface area contributed by atoms with Crippen LogP contribution in [0.5, 0.6) is 0 Å². The van der Waals surface area contributed by atoms with Gasteiger partial charge in [-0.15, -0.1) is 0 Å². The van der Waals surface area contributed by atoms with E-state index in [-0.39, 0.29) is 0 Å². The number of nitrogens with one attached hydrogen (secondary N) is 2. The van der Waals surface area contributed by atoms with E-state index in [0.717, 1.165) is 53.2 Å². The second-order valence-electron chi connectivity index (χ2n) is 8.37. The summed E-state index contributed by atoms with van der Waals surface area (Å²) >= 11 is 0. The van der Waals surface area contributed by atoms with E-state index in [1.54, 1.807) is 6.07 Å². The van der Waals surface area contributed by atoms with Crippen LogP contribution in [0, 0.1) is 6.92 Å². The molecule has 5 rings (SSSR count). The van der Waals surface area contributed by atoms with Crippen molar-refractivity contribution in [3.63, 3.8) is 0 Å². The second-order valence-corrected chi connectivity index (χ2v) is 8.37. The molecule has 0 radical (unpaired) electrons. The number of carbonyl (C=O) groups excluding carboxylic acids is 1. The van der Waals surface area contributed by atoms with Gasteiger partial charge in [-0.3, -0.25) is 4.79 Å². The van der Waals surface area contributed by atoms with Crippen molar-refractivity contribution in [2.24, 2.45) is 5.73 Å². The fourth-order valence-electron chi connectivity index (χ4n) is 4.44. The quantitative estimate of drug-likeness (QED) is 0.452. The predicted octanol–water partition coefficient (Wildman–Crippen LogP) is 3.63. The van der Waals surface area contributed by atoms with E-state index < -0.39 is 5.91 Å². The molecule has 0 unspecified atom stereocenters. The van der Waals surface area contributed by atoms with E-state index in [1.807, 2.05) is 37.3 Å². The smallest absolute Gasteiger partial charge is 0.250 e. The van der Waals surface area contributed by atoms with Gasteiger partial charge in [0.2, 0.25) is 0 Å². The summed E-state index contributed by atoms with van der Waals surface area (Å²) in [5.41, 5.74) is 12.0. The zero-order valence-electron chi connectivity index (χ0n) is 18.3. The molecular weight excluding hydrogens is 400 g/mol. The van der Waals surface area contributed by atoms with Gasteiger partial charge in [0.15, 0.2) is 5.82 Å². The third-order valence-electron chi connectivity index (χ3n) is 6.07. The number of aromatic amines is 1. The summed E-state index contributed by atoms with van der Waals surface area (Å²) in [7, 11) is 2.11. The fraction of sp³-hybridized carbons (Fsp3) is 0.240. The van der Waals surface area contributed by atoms with Crippen LogP contribution in [0.15, 0.2) is 48.5 Å². The predicted molar refractivity (Wildman–Crippen MR) is 126 cm³/mol. The fourth-order valence-corrected chi connectivity index (χ4v) is 4.44. The summed E-state index contributed by atoms with van der Waals surface area (Å²) < 4.78 is 0. The Morgan fingerprint density at radius 1 is 1.16 bits per heavy atom. The number of hydrogen-bond acceptors (Lipinski definition) is 5. The minimum absolute atomic E-state index is 0.457. The van der Waals surface area contributed by atoms with Crippen LogP contribution in [-0.4, -0.2) is 39.4 Å². The molecular formula is C25H26N6O. The Hall–Kier alpha value is -3.71. The number of anilines is 1. The van der Waals surface area contributed by atoms with Gasteiger partial charge in [-0.2, -0.15) is 0 Å². The Morgan fingerprint density at radius 3 is 2.75 bits per heavy atom. The number of H-pyrrole nitrogens is 1. The van der Waals surface area contributed by atoms with E-state index in [2.05, 4.69) is 34.4 Å². The zero-order valence-corrected chi connectivity index (χ0v) is 18.3. The highest BCUT2D eigenvalue weighted by atomic mass is 16.1. The maximum atomic E-state index is 11.9. The number of fused-ring (bicyclic) bond motifs is 2. The second kappa shape index (κ2) is 8.09. The molecule has 162 valence electrons. The number of amides is 1. The zero-order chi connectivity index (χ0) is 22.2. The number of primary amides is 1. The Morgan fingerprint density at radius 2 is 1.97 bits per heavy atom. The summed E-state index contributed by atoms with van der Waals surface area (Å²) in [6.45, 7) is 4.42. The molecule has 3 heterocycles. The first-order valence-electron chi connectivity index (χ1n) is 10.8. The number of likely N-dealkylation sites (N-methyl/N-ethyl adjacent to an activating group) is 1. The van der Waals surface area contributed by atoms with E-state index >= 15 is 0 Å². The summed E-state index contributed by atoms with van der Waals surface area (Å²) in [5, 5.41) is 4.45. The van der Waals surface area contributed by atoms with Crippen molar-refractivity contribution in [2.45, 2.75) is 26.4 Å². The monoisotopic (exact) mass is 426 g/mol. The van der Waals surface area contributed by atoms with Crippen molar-refractivity contribution in [3.05, 3.63) is 76.6 Å². The first-order chi connectivity index (χ1) is 15.5. The number of rotatable bonds is 5. The standard InChI is InChI=1S/C25H26N6O/c1-15-21(18-9-6-10-19(23(26)32)22(18)28-15)25-29-20-14-31(2)12-11-17(20)24(30-25)27-13-16-7-4-3-5-8-16/h3-10,28H,11-14H2,1-2H3,(H2,26,32)(H,27,29,30). The number of aryl methyl sites for hydroxylation is 1. The number of carbonyl (C=O) groups is 1. The van der Waals surface area contributed by atoms with Gasteiger partial charge in [0.25, 0.3) is 5.91 Å². The topological polar surface area (TPSA) is 99.9 Å². The minimum atomic E-state index is -0.457. The molecule has 4 N–H and O–H groups in total. The maximum Gasteiger partial charge on any atom is 0.250 e. The van der Waals surface area contributed by atoms with E-state index in [9.17, 15) is 4.79 Å². The van der Waals surface area contributed by atoms with Crippen LogP contribution in [0.3, 0.4) is 0 Å². The lowest BCUT2D eigenvalue weighted by Gasteiger charge is -2.26. The molecule has 0 aliphatic carbocycles. The molecule has 4 aromatic rings. The van der Waals surface area contributed by atoms with Crippen LogP contribution in [0.2, 0.25) is 0 Å². The molecule has 32 heavy (non-hydrogen) atoms. The molecule has 1 aliphatic rings. The lowest BCUT2D eigenvalue weighted by atomic mass is 10.0. The summed E-state index contributed by atoms with van der Waals surface area (Å²) in [6.07, 6.45) is 0.905. The van der Waals surface area contributed by atoms with Gasteiger partial charge in [-0.1, -0.05) is 42.5 Å². The molecule has 0 saturated heterocycles. The Labute approximate surface area is 186 Å². The van der Waals surface area contributed by atoms with Crippen molar-refractivity contribution in [1.29, 1.82) is 0 Å². The van der Waals surface area contributed by atoms with Gasteiger partial charge in [0.1, 0.15) is 5.82 Å². The Kier molecular flexibility index (Phi) is 5.11. The van der Waals surface area contributed by atoms with Crippen LogP contribution < -0.4 is 11.1 Å². The van der Waals surface area contributed by atoms with Gasteiger partial charge in [-0.25, -0.2) is 9.97 Å². The average molecular weight is 427 g/mol. The van der Waals surface area contributed by atoms with Crippen molar-refractivity contribution in [3.8, 4) is 11.4 Å². The van der Waals surface area contributed by atoms with Crippen molar-refractivity contribution < 1.29 is 4.79 Å². The molecule has 7 nitrogen and oxygen atoms in total. The number of hydrogen-bond donors (Lipinski definition) is 3. The van der Waals surface area contributed by atoms with E-state index in [0.29, 0.717) is 17.9 Å². The molecule has 0 bridgehead atoms. The molecule has 1 aliphatic heterocycles. The van der Waals surface area contributed by atoms with Gasteiger partial charge in [0.05, 0.1) is 16.8 Å². The van der Waals surface area contributed by atoms with Crippen molar-refractivity contribution in [1.82, 2.24) is 19.9 Å². The number of nitrogens with zero attached hydrogens (tertiary/aromatic N) is 3. The number of para-hydroxylation sites is 1. The number of benzene rings is 2. The highest BCUT2D eigenvalue weighted by Gasteiger charge is 2.23. The number of aromatic nitrogens is 3. The van der Waals surface area contributed by atoms with Gasteiger partial charge >= 0.3 is 0 Å². The minimum Gasteiger partial charge on any atom is -0.366 e. The largest absolute Gasteiger partial charge is 0.366 e. The molecule has 1 amide bonds. The SMILES string of the molecule is Cc1[nH]c2c(C(N)=O)cccc2c1-c1nc2c(c(NCc3ccccc3)n1)CCN(C)C2. The highest BCUT2D eigenvalue weighted by Crippen LogP contribution is 2.34. The van der Waals surface area contributed by atoms with E-state index in [1.165, 1.54) is 11.1 Å². The molecule has 0 fully saturated rings. The Balaban J connectivity index is 1.63. The van der Waals surface area contributed by atoms with Crippen LogP contribution >= 0.6 is 0 Å². The third-order valence-corrected chi connectivity index (χ3v) is 6.07. The highest BCUT2D eigenvalue weighted by molar-refractivity contribution is 6.09. The average Bonchev–Trinajstić information content (AvgIpc) is 3.13. The number of nitrogens with two attached hydrogens (primary N) is 1. The maximum absolute atomic E-state index is 11.9. The van der Waals surface area contributed by atoms with Crippen LogP contribution in [0.1, 0.15) is 32.9 Å². The molecule has 2 aromatic heterocycles. The molecule has 0 saturated carbocycles. The lowest BCUT2D eigenvalue weighted by Crippen LogP contribution is -2.29. The molecule has 0 spiro atoms. The molecule has 0 atom stereocenters. The summed E-state index contributed by atoms with van der Waals surface area (Å²) in [5.74, 6) is 1.07. The van der Waals surface area contributed by atoms with Crippen molar-refractivity contribution in [2.75, 3.05) is 18.9 Å². The summed E-state index contributed by atoms with van der Waals surface area (Å²) in [6, 6.07) is 15.9. The first-order valence-corrected chi connectivity index (χ1v) is 10.8. The van der Waals surface area contributed by atoms with E-state index in [4.69, 9.17) is 15.7 Å². The molecule has 7 heteroatoms. The van der Waals surface area contributed by atoms with Gasteiger partial charge in [0, 0.05) is 41.8 Å². The van der Waals surface area contributed by atoms with Crippen LogP contribution in [-0.2, 0) is 19.5 Å². The van der Waals surface area contributed by atoms with Gasteiger partial charge < -0.3 is 20.9 Å². The third kappa shape index (κ3) is 3.61. The summed E-state index contributed by atoms with van der Waals surface area (Å²) in [4.78, 5) is 27.5. The normalized spacial score (nSPS) is 13.8. The van der Waals surface area contributed by atoms with Gasteiger partial charge in [-0.05, 0) is 32.0 Å². The van der Waals surface area contributed by atoms with Crippen LogP contribution in [0.25, 0.3) is 22.3 Å². The Bertz CT molecular complexity index is 1310. The molecule has 2 aromatic carbocycles.